The predicted molar refractivity (Wildman–Crippen MR) is 151 cm³/mol. The summed E-state index contributed by atoms with van der Waals surface area (Å²) < 4.78 is 10.8. The van der Waals surface area contributed by atoms with Gasteiger partial charge >= 0.3 is 6.09 Å². The monoisotopic (exact) mass is 504 g/mol. The molecule has 0 saturated carbocycles. The zero-order valence-corrected chi connectivity index (χ0v) is 23.0. The van der Waals surface area contributed by atoms with E-state index in [1.807, 2.05) is 76.2 Å². The summed E-state index contributed by atoms with van der Waals surface area (Å²) in [7, 11) is 1.56. The van der Waals surface area contributed by atoms with Gasteiger partial charge in [0.15, 0.2) is 0 Å². The molecule has 0 radical (unpaired) electrons. The minimum absolute atomic E-state index is 0. The highest BCUT2D eigenvalue weighted by Crippen LogP contribution is 2.30. The normalized spacial score (nSPS) is 11.4. The van der Waals surface area contributed by atoms with Crippen molar-refractivity contribution >= 4 is 17.7 Å². The number of alkyl carbamates (subject to hydrolysis) is 1. The van der Waals surface area contributed by atoms with Gasteiger partial charge in [0.05, 0.1) is 19.2 Å². The zero-order valence-electron chi connectivity index (χ0n) is 23.0. The fourth-order valence-corrected chi connectivity index (χ4v) is 3.77. The first-order chi connectivity index (χ1) is 17.3. The Morgan fingerprint density at radius 1 is 1.00 bits per heavy atom. The van der Waals surface area contributed by atoms with Crippen molar-refractivity contribution in [2.24, 2.45) is 0 Å². The lowest BCUT2D eigenvalue weighted by Crippen LogP contribution is -2.32. The van der Waals surface area contributed by atoms with Crippen molar-refractivity contribution in [1.82, 2.24) is 5.32 Å². The first-order valence-corrected chi connectivity index (χ1v) is 12.3. The molecule has 6 heteroatoms. The molecular formula is C31H40N2O4. The van der Waals surface area contributed by atoms with Crippen LogP contribution in [0, 0.1) is 19.1 Å². The summed E-state index contributed by atoms with van der Waals surface area (Å²) >= 11 is 0. The number of hydrogen-bond donors (Lipinski definition) is 2. The van der Waals surface area contributed by atoms with Gasteiger partial charge in [0, 0.05) is 14.1 Å². The van der Waals surface area contributed by atoms with Gasteiger partial charge in [0.1, 0.15) is 11.4 Å². The number of rotatable bonds is 6. The molecular weight excluding hydrogens is 464 g/mol. The molecule has 0 aromatic heterocycles. The predicted octanol–water partition coefficient (Wildman–Crippen LogP) is 7.34. The first kappa shape index (κ1) is 27.6. The van der Waals surface area contributed by atoms with Crippen molar-refractivity contribution < 1.29 is 21.9 Å². The molecule has 198 valence electrons. The Morgan fingerprint density at radius 3 is 2.38 bits per heavy atom. The lowest BCUT2D eigenvalue weighted by atomic mass is 9.86. The van der Waals surface area contributed by atoms with E-state index in [1.54, 1.807) is 7.11 Å². The Bertz CT molecular complexity index is 1290. The van der Waals surface area contributed by atoms with Crippen molar-refractivity contribution in [3.63, 3.8) is 0 Å². The van der Waals surface area contributed by atoms with Gasteiger partial charge in [-0.15, -0.1) is 0 Å². The molecule has 6 nitrogen and oxygen atoms in total. The Morgan fingerprint density at radius 2 is 1.73 bits per heavy atom. The van der Waals surface area contributed by atoms with Gasteiger partial charge in [0.2, 0.25) is 0 Å². The van der Waals surface area contributed by atoms with Gasteiger partial charge < -0.3 is 20.1 Å². The summed E-state index contributed by atoms with van der Waals surface area (Å²) in [5, 5.41) is 5.76. The molecule has 0 fully saturated rings. The molecule has 0 heterocycles. The van der Waals surface area contributed by atoms with Gasteiger partial charge in [-0.25, -0.2) is 4.79 Å². The van der Waals surface area contributed by atoms with Gasteiger partial charge in [-0.2, -0.15) is 0 Å². The molecule has 0 bridgehead atoms. The molecule has 0 aliphatic carbocycles. The molecule has 3 aromatic carbocycles. The lowest BCUT2D eigenvalue weighted by Gasteiger charge is -2.21. The summed E-state index contributed by atoms with van der Waals surface area (Å²) in [5.74, 6) is 0.279. The fraction of sp³-hybridized carbons (Fsp3) is 0.355. The van der Waals surface area contributed by atoms with Crippen molar-refractivity contribution in [3.05, 3.63) is 82.9 Å². The van der Waals surface area contributed by atoms with E-state index in [-0.39, 0.29) is 20.7 Å². The van der Waals surface area contributed by atoms with Gasteiger partial charge in [-0.3, -0.25) is 4.79 Å². The largest absolute Gasteiger partial charge is 0.496 e. The number of carbonyl (C=O) groups excluding carboxylic acids is 2. The highest BCUT2D eigenvalue weighted by Gasteiger charge is 2.20. The van der Waals surface area contributed by atoms with E-state index < -0.39 is 11.7 Å². The average Bonchev–Trinajstić information content (AvgIpc) is 2.82. The lowest BCUT2D eigenvalue weighted by molar-refractivity contribution is 0.0523. The zero-order chi connectivity index (χ0) is 27.4. The molecule has 0 spiro atoms. The number of aryl methyl sites for hydroxylation is 1. The molecule has 2 N–H and O–H groups in total. The van der Waals surface area contributed by atoms with E-state index in [1.165, 1.54) is 0 Å². The Hall–Kier alpha value is -3.98. The number of nitrogens with one attached hydrogen (secondary N) is 2. The second-order valence-electron chi connectivity index (χ2n) is 11.0. The van der Waals surface area contributed by atoms with E-state index >= 15 is 0 Å². The van der Waals surface area contributed by atoms with Crippen molar-refractivity contribution in [2.75, 3.05) is 12.4 Å². The summed E-state index contributed by atoms with van der Waals surface area (Å²) in [6, 6.07) is 21.3. The molecule has 0 unspecified atom stereocenters. The van der Waals surface area contributed by atoms with Crippen LogP contribution in [-0.4, -0.2) is 24.7 Å². The van der Waals surface area contributed by atoms with Crippen molar-refractivity contribution in [1.29, 1.82) is 0 Å². The highest BCUT2D eigenvalue weighted by molar-refractivity contribution is 6.06. The third-order valence-electron chi connectivity index (χ3n) is 5.73. The van der Waals surface area contributed by atoms with Crippen LogP contribution in [-0.2, 0) is 16.7 Å². The quantitative estimate of drug-likeness (QED) is 0.368. The Labute approximate surface area is 223 Å². The van der Waals surface area contributed by atoms with Crippen LogP contribution in [0.15, 0.2) is 48.5 Å². The second-order valence-corrected chi connectivity index (χ2v) is 11.0. The first-order valence-electron chi connectivity index (χ1n) is 12.3. The third kappa shape index (κ3) is 7.50. The van der Waals surface area contributed by atoms with Crippen LogP contribution in [0.3, 0.4) is 0 Å². The summed E-state index contributed by atoms with van der Waals surface area (Å²) in [6.45, 7) is 14.0. The number of benzene rings is 2. The van der Waals surface area contributed by atoms with Crippen LogP contribution in [0.1, 0.15) is 71.4 Å². The highest BCUT2D eigenvalue weighted by atomic mass is 16.6. The van der Waals surface area contributed by atoms with E-state index in [9.17, 15) is 9.59 Å². The van der Waals surface area contributed by atoms with Crippen LogP contribution in [0.5, 0.6) is 5.75 Å². The molecule has 0 aliphatic rings. The topological polar surface area (TPSA) is 76.7 Å². The average molecular weight is 505 g/mol. The molecule has 37 heavy (non-hydrogen) atoms. The number of methoxy groups -OCH3 is 1. The van der Waals surface area contributed by atoms with E-state index in [0.717, 1.165) is 27.8 Å². The molecule has 0 saturated heterocycles. The number of amides is 2. The summed E-state index contributed by atoms with van der Waals surface area (Å²) in [4.78, 5) is 25.3. The van der Waals surface area contributed by atoms with Crippen LogP contribution in [0.2, 0.25) is 0 Å². The smallest absolute Gasteiger partial charge is 0.407 e. The van der Waals surface area contributed by atoms with E-state index in [0.29, 0.717) is 17.0 Å². The molecule has 0 aliphatic heterocycles. The van der Waals surface area contributed by atoms with Gasteiger partial charge in [-0.1, -0.05) is 45.0 Å². The third-order valence-corrected chi connectivity index (χ3v) is 5.73. The Balaban J connectivity index is 0.00000380. The standard InChI is InChI=1S/C31H36N2O4.2H2/c1-20-12-14-24(33-28(34)26-17-23(30(2,3)4)13-15-27(26)36-8)18-25(20)22-11-9-10-21(16-22)19-32-29(35)37-31(5,6)7;;/h11-18H,19H2,1-8H3,(H,32,35)(H,33,34);2*1H. The van der Waals surface area contributed by atoms with Crippen molar-refractivity contribution in [2.45, 2.75) is 66.0 Å². The molecule has 3 aromatic rings. The Kier molecular flexibility index (Phi) is 8.18. The maximum Gasteiger partial charge on any atom is 0.407 e. The van der Waals surface area contributed by atoms with Crippen LogP contribution >= 0.6 is 0 Å². The second kappa shape index (κ2) is 11.0. The SMILES string of the molecule is COc1ccc(C(C)(C)C)cc1C(=O)Nc1ccc(C)c(-c2cc#cc(CNC(=O)OC(C)(C)C)c2)c1.[HH].[HH]. The minimum Gasteiger partial charge on any atom is -0.496 e. The molecule has 0 atom stereocenters. The summed E-state index contributed by atoms with van der Waals surface area (Å²) in [6.07, 6.45) is -0.488. The number of carbonyl (C=O) groups is 2. The van der Waals surface area contributed by atoms with E-state index in [2.05, 4.69) is 43.5 Å². The fourth-order valence-electron chi connectivity index (χ4n) is 3.77. The van der Waals surface area contributed by atoms with Crippen LogP contribution in [0.25, 0.3) is 11.1 Å². The number of anilines is 1. The maximum atomic E-state index is 13.3. The summed E-state index contributed by atoms with van der Waals surface area (Å²) in [5.41, 5.74) is 5.17. The minimum atomic E-state index is -0.568. The van der Waals surface area contributed by atoms with Crippen molar-refractivity contribution in [3.8, 4) is 16.9 Å². The van der Waals surface area contributed by atoms with E-state index in [4.69, 9.17) is 9.47 Å². The van der Waals surface area contributed by atoms with Gasteiger partial charge in [0.25, 0.3) is 5.91 Å². The van der Waals surface area contributed by atoms with Crippen LogP contribution < -0.4 is 15.4 Å². The van der Waals surface area contributed by atoms with Gasteiger partial charge in [-0.05, 0) is 91.8 Å². The van der Waals surface area contributed by atoms with Crippen LogP contribution in [0.4, 0.5) is 10.5 Å². The molecule has 2 amide bonds. The number of hydrogen-bond acceptors (Lipinski definition) is 4. The molecule has 3 rings (SSSR count). The number of ether oxygens (including phenoxy) is 2. The maximum absolute atomic E-state index is 13.3.